The van der Waals surface area contributed by atoms with Gasteiger partial charge in [0, 0.05) is 18.3 Å². The highest BCUT2D eigenvalue weighted by molar-refractivity contribution is 5.97. The Hall–Kier alpha value is -3.55. The Morgan fingerprint density at radius 3 is 2.11 bits per heavy atom. The monoisotopic (exact) mass is 372 g/mol. The lowest BCUT2D eigenvalue weighted by Gasteiger charge is -2.10. The molecule has 0 aliphatic rings. The summed E-state index contributed by atoms with van der Waals surface area (Å²) in [6, 6.07) is 10.9. The molecule has 0 saturated carbocycles. The van der Waals surface area contributed by atoms with Crippen molar-refractivity contribution in [2.45, 2.75) is 0 Å². The van der Waals surface area contributed by atoms with Crippen molar-refractivity contribution < 1.29 is 28.6 Å². The van der Waals surface area contributed by atoms with Gasteiger partial charge in [-0.15, -0.1) is 0 Å². The number of carbonyl (C=O) groups is 3. The number of amides is 2. The summed E-state index contributed by atoms with van der Waals surface area (Å²) in [7, 11) is 4.47. The van der Waals surface area contributed by atoms with Crippen molar-refractivity contribution in [3.63, 3.8) is 0 Å². The van der Waals surface area contributed by atoms with Gasteiger partial charge in [-0.05, 0) is 42.5 Å². The smallest absolute Gasteiger partial charge is 0.338 e. The minimum Gasteiger partial charge on any atom is -0.493 e. The molecule has 0 heterocycles. The Balaban J connectivity index is 1.91. The summed E-state index contributed by atoms with van der Waals surface area (Å²) in [6.07, 6.45) is 0. The van der Waals surface area contributed by atoms with Gasteiger partial charge in [-0.25, -0.2) is 4.79 Å². The van der Waals surface area contributed by atoms with E-state index < -0.39 is 18.5 Å². The van der Waals surface area contributed by atoms with Crippen LogP contribution in [0.25, 0.3) is 0 Å². The number of hydrogen-bond donors (Lipinski definition) is 2. The lowest BCUT2D eigenvalue weighted by molar-refractivity contribution is -0.119. The minimum absolute atomic E-state index is 0.225. The van der Waals surface area contributed by atoms with Gasteiger partial charge < -0.3 is 24.8 Å². The van der Waals surface area contributed by atoms with Crippen LogP contribution < -0.4 is 20.1 Å². The maximum atomic E-state index is 12.1. The van der Waals surface area contributed by atoms with Crippen LogP contribution in [0.3, 0.4) is 0 Å². The first-order valence-electron chi connectivity index (χ1n) is 7.99. The Morgan fingerprint density at radius 1 is 0.889 bits per heavy atom. The van der Waals surface area contributed by atoms with Gasteiger partial charge in [0.25, 0.3) is 11.8 Å². The fourth-order valence-corrected chi connectivity index (χ4v) is 2.22. The predicted molar refractivity (Wildman–Crippen MR) is 98.3 cm³/mol. The molecule has 0 bridgehead atoms. The van der Waals surface area contributed by atoms with E-state index in [1.165, 1.54) is 33.4 Å². The second-order valence-electron chi connectivity index (χ2n) is 5.35. The number of rotatable bonds is 7. The van der Waals surface area contributed by atoms with Crippen LogP contribution >= 0.6 is 0 Å². The van der Waals surface area contributed by atoms with Gasteiger partial charge in [-0.3, -0.25) is 9.59 Å². The topological polar surface area (TPSA) is 103 Å². The summed E-state index contributed by atoms with van der Waals surface area (Å²) in [4.78, 5) is 35.5. The minimum atomic E-state index is -0.666. The third-order valence-electron chi connectivity index (χ3n) is 3.61. The number of esters is 1. The predicted octanol–water partition coefficient (Wildman–Crippen LogP) is 1.86. The molecule has 8 heteroatoms. The fourth-order valence-electron chi connectivity index (χ4n) is 2.22. The van der Waals surface area contributed by atoms with Crippen LogP contribution in [0, 0.1) is 0 Å². The molecule has 2 N–H and O–H groups in total. The zero-order chi connectivity index (χ0) is 19.8. The highest BCUT2D eigenvalue weighted by Gasteiger charge is 2.14. The molecule has 142 valence electrons. The molecule has 0 unspecified atom stereocenters. The largest absolute Gasteiger partial charge is 0.493 e. The maximum Gasteiger partial charge on any atom is 0.338 e. The average Bonchev–Trinajstić information content (AvgIpc) is 2.71. The van der Waals surface area contributed by atoms with Crippen LogP contribution in [0.5, 0.6) is 11.5 Å². The van der Waals surface area contributed by atoms with Gasteiger partial charge in [0.1, 0.15) is 0 Å². The van der Waals surface area contributed by atoms with Crippen LogP contribution in [-0.2, 0) is 9.53 Å². The Labute approximate surface area is 156 Å². The van der Waals surface area contributed by atoms with E-state index in [0.717, 1.165) is 0 Å². The van der Waals surface area contributed by atoms with E-state index >= 15 is 0 Å². The Kier molecular flexibility index (Phi) is 6.76. The second-order valence-corrected chi connectivity index (χ2v) is 5.35. The highest BCUT2D eigenvalue weighted by Crippen LogP contribution is 2.27. The van der Waals surface area contributed by atoms with Crippen LogP contribution in [0.4, 0.5) is 5.69 Å². The van der Waals surface area contributed by atoms with E-state index in [4.69, 9.17) is 14.2 Å². The van der Waals surface area contributed by atoms with Crippen molar-refractivity contribution in [2.24, 2.45) is 0 Å². The van der Waals surface area contributed by atoms with Crippen molar-refractivity contribution in [3.05, 3.63) is 53.6 Å². The SMILES string of the molecule is CNC(=O)c1ccc(NC(=O)COC(=O)c2ccc(OC)c(OC)c2)cc1. The molecule has 0 aromatic heterocycles. The van der Waals surface area contributed by atoms with Crippen LogP contribution in [0.1, 0.15) is 20.7 Å². The van der Waals surface area contributed by atoms with E-state index in [9.17, 15) is 14.4 Å². The lowest BCUT2D eigenvalue weighted by Crippen LogP contribution is -2.21. The summed E-state index contributed by atoms with van der Waals surface area (Å²) in [5, 5.41) is 5.09. The zero-order valence-corrected chi connectivity index (χ0v) is 15.2. The zero-order valence-electron chi connectivity index (χ0n) is 15.2. The fraction of sp³-hybridized carbons (Fsp3) is 0.211. The van der Waals surface area contributed by atoms with Crippen molar-refractivity contribution >= 4 is 23.5 Å². The summed E-state index contributed by atoms with van der Waals surface area (Å²) < 4.78 is 15.2. The van der Waals surface area contributed by atoms with Crippen LogP contribution in [-0.4, -0.2) is 45.7 Å². The van der Waals surface area contributed by atoms with Gasteiger partial charge in [-0.2, -0.15) is 0 Å². The number of benzene rings is 2. The standard InChI is InChI=1S/C19H20N2O6/c1-20-18(23)12-4-7-14(8-5-12)21-17(22)11-27-19(24)13-6-9-15(25-2)16(10-13)26-3/h4-10H,11H2,1-3H3,(H,20,23)(H,21,22). The van der Waals surface area contributed by atoms with E-state index in [1.807, 2.05) is 0 Å². The number of methoxy groups -OCH3 is 2. The molecule has 2 rings (SSSR count). The van der Waals surface area contributed by atoms with Gasteiger partial charge in [0.2, 0.25) is 0 Å². The summed E-state index contributed by atoms with van der Waals surface area (Å²) >= 11 is 0. The normalized spacial score (nSPS) is 9.89. The van der Waals surface area contributed by atoms with E-state index in [2.05, 4.69) is 10.6 Å². The number of anilines is 1. The molecule has 0 fully saturated rings. The average molecular weight is 372 g/mol. The molecule has 2 aromatic rings. The number of nitrogens with one attached hydrogen (secondary N) is 2. The maximum absolute atomic E-state index is 12.1. The van der Waals surface area contributed by atoms with Gasteiger partial charge in [0.15, 0.2) is 18.1 Å². The lowest BCUT2D eigenvalue weighted by atomic mass is 10.2. The van der Waals surface area contributed by atoms with Gasteiger partial charge in [-0.1, -0.05) is 0 Å². The second kappa shape index (κ2) is 9.23. The molecule has 0 atom stereocenters. The third kappa shape index (κ3) is 5.21. The summed E-state index contributed by atoms with van der Waals surface area (Å²) in [5.74, 6) is -0.533. The Bertz CT molecular complexity index is 833. The quantitative estimate of drug-likeness (QED) is 0.719. The molecule has 0 aliphatic heterocycles. The summed E-state index contributed by atoms with van der Waals surface area (Å²) in [5.41, 5.74) is 1.18. The molecule has 0 saturated heterocycles. The van der Waals surface area contributed by atoms with Gasteiger partial charge in [0.05, 0.1) is 19.8 Å². The molecule has 0 aliphatic carbocycles. The first-order valence-corrected chi connectivity index (χ1v) is 7.99. The number of ether oxygens (including phenoxy) is 3. The van der Waals surface area contributed by atoms with Crippen molar-refractivity contribution in [1.29, 1.82) is 0 Å². The van der Waals surface area contributed by atoms with Crippen molar-refractivity contribution in [1.82, 2.24) is 5.32 Å². The molecule has 0 radical (unpaired) electrons. The first-order chi connectivity index (χ1) is 13.0. The Morgan fingerprint density at radius 2 is 1.52 bits per heavy atom. The highest BCUT2D eigenvalue weighted by atomic mass is 16.5. The molecule has 2 aromatic carbocycles. The molecule has 8 nitrogen and oxygen atoms in total. The van der Waals surface area contributed by atoms with Crippen molar-refractivity contribution in [3.8, 4) is 11.5 Å². The number of carbonyl (C=O) groups excluding carboxylic acids is 3. The third-order valence-corrected chi connectivity index (χ3v) is 3.61. The number of hydrogen-bond acceptors (Lipinski definition) is 6. The van der Waals surface area contributed by atoms with E-state index in [-0.39, 0.29) is 11.5 Å². The molecule has 2 amide bonds. The molecular weight excluding hydrogens is 352 g/mol. The van der Waals surface area contributed by atoms with Gasteiger partial charge >= 0.3 is 5.97 Å². The van der Waals surface area contributed by atoms with E-state index in [1.54, 1.807) is 30.3 Å². The van der Waals surface area contributed by atoms with Crippen molar-refractivity contribution in [2.75, 3.05) is 33.2 Å². The summed E-state index contributed by atoms with van der Waals surface area (Å²) in [6.45, 7) is -0.454. The molecular formula is C19H20N2O6. The first kappa shape index (κ1) is 19.8. The van der Waals surface area contributed by atoms with Crippen LogP contribution in [0.2, 0.25) is 0 Å². The van der Waals surface area contributed by atoms with Crippen LogP contribution in [0.15, 0.2) is 42.5 Å². The van der Waals surface area contributed by atoms with E-state index in [0.29, 0.717) is 22.7 Å². The molecule has 0 spiro atoms. The molecule has 27 heavy (non-hydrogen) atoms.